The SMILES string of the molecule is CC1(C)[C@@]2(C)CC[C@]1(C(=O)O/N=C(/C#N)c1nc3ccccc3s1)OC2=O. The number of ether oxygens (including phenoxy) is 1. The summed E-state index contributed by atoms with van der Waals surface area (Å²) in [7, 11) is 0. The van der Waals surface area contributed by atoms with Gasteiger partial charge in [-0.2, -0.15) is 5.26 Å². The van der Waals surface area contributed by atoms with Gasteiger partial charge in [-0.1, -0.05) is 31.1 Å². The predicted octanol–water partition coefficient (Wildman–Crippen LogP) is 3.19. The maximum absolute atomic E-state index is 12.8. The van der Waals surface area contributed by atoms with E-state index in [9.17, 15) is 14.9 Å². The van der Waals surface area contributed by atoms with E-state index < -0.39 is 28.4 Å². The lowest BCUT2D eigenvalue weighted by Gasteiger charge is -2.33. The first-order chi connectivity index (χ1) is 12.7. The monoisotopic (exact) mass is 383 g/mol. The van der Waals surface area contributed by atoms with E-state index in [0.29, 0.717) is 17.8 Å². The Hall–Kier alpha value is -2.79. The van der Waals surface area contributed by atoms with E-state index in [1.807, 2.05) is 51.1 Å². The Morgan fingerprint density at radius 3 is 2.67 bits per heavy atom. The fraction of sp³-hybridized carbons (Fsp3) is 0.421. The van der Waals surface area contributed by atoms with E-state index >= 15 is 0 Å². The van der Waals surface area contributed by atoms with Crippen LogP contribution < -0.4 is 0 Å². The van der Waals surface area contributed by atoms with E-state index in [2.05, 4.69) is 10.1 Å². The molecule has 1 aliphatic carbocycles. The summed E-state index contributed by atoms with van der Waals surface area (Å²) in [6.45, 7) is 5.46. The zero-order valence-electron chi connectivity index (χ0n) is 15.1. The molecule has 1 aromatic heterocycles. The number of esters is 1. The number of hydrogen-bond donors (Lipinski definition) is 0. The summed E-state index contributed by atoms with van der Waals surface area (Å²) in [6.07, 6.45) is 0.917. The number of carbonyl (C=O) groups excluding carboxylic acids is 2. The Morgan fingerprint density at radius 1 is 1.33 bits per heavy atom. The summed E-state index contributed by atoms with van der Waals surface area (Å²) in [4.78, 5) is 34.5. The minimum absolute atomic E-state index is 0.0937. The van der Waals surface area contributed by atoms with Gasteiger partial charge in [0.1, 0.15) is 6.07 Å². The van der Waals surface area contributed by atoms with Gasteiger partial charge >= 0.3 is 11.9 Å². The summed E-state index contributed by atoms with van der Waals surface area (Å²) >= 11 is 1.29. The van der Waals surface area contributed by atoms with Gasteiger partial charge in [0.2, 0.25) is 11.3 Å². The molecule has 0 unspecified atom stereocenters. The highest BCUT2D eigenvalue weighted by molar-refractivity contribution is 7.20. The molecular weight excluding hydrogens is 366 g/mol. The van der Waals surface area contributed by atoms with Crippen LogP contribution in [0.2, 0.25) is 0 Å². The van der Waals surface area contributed by atoms with Gasteiger partial charge in [-0.25, -0.2) is 9.78 Å². The number of carbonyl (C=O) groups is 2. The molecule has 0 N–H and O–H groups in total. The second-order valence-corrected chi connectivity index (χ2v) is 8.62. The Balaban J connectivity index is 1.63. The molecule has 1 saturated heterocycles. The molecule has 2 atom stereocenters. The number of oxime groups is 1. The molecule has 138 valence electrons. The number of nitrogens with zero attached hydrogens (tertiary/aromatic N) is 3. The van der Waals surface area contributed by atoms with Gasteiger partial charge in [0.25, 0.3) is 0 Å². The Bertz CT molecular complexity index is 1020. The molecular formula is C19H17N3O4S. The smallest absolute Gasteiger partial charge is 0.378 e. The lowest BCUT2D eigenvalue weighted by Crippen LogP contribution is -2.48. The molecule has 27 heavy (non-hydrogen) atoms. The van der Waals surface area contributed by atoms with E-state index in [0.717, 1.165) is 10.2 Å². The molecule has 4 rings (SSSR count). The molecule has 7 nitrogen and oxygen atoms in total. The maximum Gasteiger partial charge on any atom is 0.378 e. The van der Waals surface area contributed by atoms with E-state index in [-0.39, 0.29) is 5.71 Å². The van der Waals surface area contributed by atoms with Gasteiger partial charge in [0, 0.05) is 5.41 Å². The van der Waals surface area contributed by atoms with Gasteiger partial charge in [-0.3, -0.25) is 4.79 Å². The van der Waals surface area contributed by atoms with Crippen LogP contribution in [0.3, 0.4) is 0 Å². The molecule has 0 spiro atoms. The van der Waals surface area contributed by atoms with Crippen molar-refractivity contribution in [2.45, 2.75) is 39.2 Å². The molecule has 1 aliphatic heterocycles. The predicted molar refractivity (Wildman–Crippen MR) is 97.8 cm³/mol. The van der Waals surface area contributed by atoms with Crippen molar-refractivity contribution in [3.05, 3.63) is 29.3 Å². The average Bonchev–Trinajstić information content (AvgIpc) is 3.20. The highest BCUT2D eigenvalue weighted by Gasteiger charge is 2.76. The fourth-order valence-corrected chi connectivity index (χ4v) is 4.84. The fourth-order valence-electron chi connectivity index (χ4n) is 3.94. The number of para-hydroxylation sites is 1. The molecule has 2 heterocycles. The molecule has 2 aromatic rings. The van der Waals surface area contributed by atoms with E-state index in [1.54, 1.807) is 0 Å². The second-order valence-electron chi connectivity index (χ2n) is 7.59. The molecule has 1 aromatic carbocycles. The van der Waals surface area contributed by atoms with E-state index in [1.165, 1.54) is 11.3 Å². The van der Waals surface area contributed by atoms with Crippen molar-refractivity contribution in [3.63, 3.8) is 0 Å². The molecule has 0 radical (unpaired) electrons. The lowest BCUT2D eigenvalue weighted by atomic mass is 9.66. The van der Waals surface area contributed by atoms with Crippen molar-refractivity contribution in [2.75, 3.05) is 0 Å². The van der Waals surface area contributed by atoms with Crippen molar-refractivity contribution < 1.29 is 19.2 Å². The number of aromatic nitrogens is 1. The standard InChI is InChI=1S/C19H17N3O4S/c1-17(2)18(3)8-9-19(17,25-15(18)23)16(24)26-22-12(10-20)14-21-11-6-4-5-7-13(11)27-14/h4-7H,8-9H2,1-3H3/b22-12-/t18-,19+/m0/s1. The zero-order chi connectivity index (χ0) is 19.4. The third-order valence-corrected chi connectivity index (χ3v) is 7.28. The van der Waals surface area contributed by atoms with Gasteiger partial charge < -0.3 is 9.57 Å². The molecule has 2 bridgehead atoms. The van der Waals surface area contributed by atoms with Crippen LogP contribution in [-0.4, -0.2) is 28.2 Å². The zero-order valence-corrected chi connectivity index (χ0v) is 15.9. The molecule has 1 saturated carbocycles. The second kappa shape index (κ2) is 5.60. The van der Waals surface area contributed by atoms with Crippen LogP contribution in [0.1, 0.15) is 38.6 Å². The minimum Gasteiger partial charge on any atom is -0.446 e. The summed E-state index contributed by atoms with van der Waals surface area (Å²) in [5.74, 6) is -1.15. The summed E-state index contributed by atoms with van der Waals surface area (Å²) in [5, 5.41) is 13.5. The third kappa shape index (κ3) is 2.18. The van der Waals surface area contributed by atoms with Crippen LogP contribution in [0, 0.1) is 22.2 Å². The first kappa shape index (κ1) is 17.6. The van der Waals surface area contributed by atoms with Crippen molar-refractivity contribution in [2.24, 2.45) is 16.0 Å². The number of hydrogen-bond acceptors (Lipinski definition) is 8. The highest BCUT2D eigenvalue weighted by atomic mass is 32.1. The number of nitriles is 1. The quantitative estimate of drug-likeness (QED) is 0.349. The van der Waals surface area contributed by atoms with Crippen LogP contribution in [0.15, 0.2) is 29.4 Å². The highest BCUT2D eigenvalue weighted by Crippen LogP contribution is 2.65. The van der Waals surface area contributed by atoms with Crippen molar-refractivity contribution in [1.82, 2.24) is 4.98 Å². The summed E-state index contributed by atoms with van der Waals surface area (Å²) < 4.78 is 6.37. The lowest BCUT2D eigenvalue weighted by molar-refractivity contribution is -0.183. The number of thiazole rings is 1. The van der Waals surface area contributed by atoms with Crippen molar-refractivity contribution in [3.8, 4) is 6.07 Å². The third-order valence-electron chi connectivity index (χ3n) is 6.24. The topological polar surface area (TPSA) is 102 Å². The van der Waals surface area contributed by atoms with Gasteiger partial charge in [0.15, 0.2) is 5.01 Å². The number of benzene rings is 1. The van der Waals surface area contributed by atoms with Gasteiger partial charge in [-0.15, -0.1) is 11.3 Å². The molecule has 2 aliphatic rings. The molecule has 8 heteroatoms. The first-order valence-corrected chi connectivity index (χ1v) is 9.36. The first-order valence-electron chi connectivity index (χ1n) is 8.54. The van der Waals surface area contributed by atoms with Gasteiger partial charge in [0.05, 0.1) is 15.6 Å². The van der Waals surface area contributed by atoms with Crippen LogP contribution in [0.25, 0.3) is 10.2 Å². The molecule has 2 fully saturated rings. The van der Waals surface area contributed by atoms with Crippen LogP contribution in [-0.2, 0) is 19.2 Å². The Kier molecular flexibility index (Phi) is 3.65. The maximum atomic E-state index is 12.8. The summed E-state index contributed by atoms with van der Waals surface area (Å²) in [6, 6.07) is 9.35. The molecule has 0 amide bonds. The van der Waals surface area contributed by atoms with Crippen LogP contribution in [0.4, 0.5) is 0 Å². The van der Waals surface area contributed by atoms with Crippen molar-refractivity contribution in [1.29, 1.82) is 5.26 Å². The summed E-state index contributed by atoms with van der Waals surface area (Å²) in [5.41, 5.74) is -2.20. The normalized spacial score (nSPS) is 28.8. The van der Waals surface area contributed by atoms with E-state index in [4.69, 9.17) is 9.57 Å². The largest absolute Gasteiger partial charge is 0.446 e. The van der Waals surface area contributed by atoms with Crippen LogP contribution in [0.5, 0.6) is 0 Å². The average molecular weight is 383 g/mol. The van der Waals surface area contributed by atoms with Crippen molar-refractivity contribution >= 4 is 39.2 Å². The minimum atomic E-state index is -1.38. The Morgan fingerprint density at radius 2 is 2.07 bits per heavy atom. The van der Waals surface area contributed by atoms with Gasteiger partial charge in [-0.05, 0) is 31.9 Å². The number of rotatable bonds is 3. The van der Waals surface area contributed by atoms with Crippen LogP contribution >= 0.6 is 11.3 Å². The number of fused-ring (bicyclic) bond motifs is 3. The Labute approximate surface area is 159 Å².